The number of nitrogens with two attached hydrogens (primary N) is 1. The molecule has 1 fully saturated rings. The van der Waals surface area contributed by atoms with Crippen LogP contribution in [0.1, 0.15) is 38.2 Å². The molecule has 1 aromatic rings. The summed E-state index contributed by atoms with van der Waals surface area (Å²) in [6.45, 7) is 2.29. The molecule has 3 atom stereocenters. The van der Waals surface area contributed by atoms with E-state index in [1.54, 1.807) is 0 Å². The van der Waals surface area contributed by atoms with Crippen molar-refractivity contribution in [3.63, 3.8) is 0 Å². The lowest BCUT2D eigenvalue weighted by molar-refractivity contribution is 0.227. The maximum absolute atomic E-state index is 6.25. The fourth-order valence-electron chi connectivity index (χ4n) is 2.86. The third-order valence-corrected chi connectivity index (χ3v) is 4.42. The SMILES string of the molecule is CCC1CCC(N)C(Cc2cncc(Br)c2)C1. The summed E-state index contributed by atoms with van der Waals surface area (Å²) in [5, 5.41) is 0. The first-order valence-corrected chi connectivity index (χ1v) is 7.33. The summed E-state index contributed by atoms with van der Waals surface area (Å²) in [6.07, 6.45) is 9.94. The van der Waals surface area contributed by atoms with E-state index in [1.165, 1.54) is 31.2 Å². The van der Waals surface area contributed by atoms with Crippen LogP contribution in [0.15, 0.2) is 22.9 Å². The molecule has 94 valence electrons. The van der Waals surface area contributed by atoms with Gasteiger partial charge in [0.15, 0.2) is 0 Å². The Bertz CT molecular complexity index is 367. The van der Waals surface area contributed by atoms with Crippen LogP contribution in [0.25, 0.3) is 0 Å². The zero-order valence-corrected chi connectivity index (χ0v) is 12.0. The Kier molecular flexibility index (Phi) is 4.57. The van der Waals surface area contributed by atoms with E-state index in [0.29, 0.717) is 12.0 Å². The Morgan fingerprint density at radius 2 is 2.24 bits per heavy atom. The number of halogens is 1. The van der Waals surface area contributed by atoms with Crippen molar-refractivity contribution in [3.05, 3.63) is 28.5 Å². The van der Waals surface area contributed by atoms with Gasteiger partial charge in [-0.2, -0.15) is 0 Å². The smallest absolute Gasteiger partial charge is 0.0410 e. The zero-order valence-electron chi connectivity index (χ0n) is 10.4. The molecule has 2 N–H and O–H groups in total. The number of pyridine rings is 1. The molecule has 1 aliphatic rings. The summed E-state index contributed by atoms with van der Waals surface area (Å²) in [5.41, 5.74) is 7.55. The Balaban J connectivity index is 2.01. The summed E-state index contributed by atoms with van der Waals surface area (Å²) < 4.78 is 1.06. The molecule has 3 heteroatoms. The topological polar surface area (TPSA) is 38.9 Å². The Morgan fingerprint density at radius 3 is 2.94 bits per heavy atom. The molecular weight excluding hydrogens is 276 g/mol. The first-order chi connectivity index (χ1) is 8.19. The van der Waals surface area contributed by atoms with Gasteiger partial charge in [0, 0.05) is 22.9 Å². The van der Waals surface area contributed by atoms with Crippen LogP contribution in [0.2, 0.25) is 0 Å². The summed E-state index contributed by atoms with van der Waals surface area (Å²) in [7, 11) is 0. The van der Waals surface area contributed by atoms with Crippen molar-refractivity contribution >= 4 is 15.9 Å². The van der Waals surface area contributed by atoms with Crippen molar-refractivity contribution in [2.45, 2.75) is 45.1 Å². The minimum Gasteiger partial charge on any atom is -0.327 e. The molecule has 0 aliphatic heterocycles. The highest BCUT2D eigenvalue weighted by molar-refractivity contribution is 9.10. The maximum atomic E-state index is 6.25. The summed E-state index contributed by atoms with van der Waals surface area (Å²) in [5.74, 6) is 1.50. The van der Waals surface area contributed by atoms with Crippen LogP contribution in [0.3, 0.4) is 0 Å². The molecule has 1 aromatic heterocycles. The van der Waals surface area contributed by atoms with E-state index in [4.69, 9.17) is 5.73 Å². The average Bonchev–Trinajstić information content (AvgIpc) is 2.32. The minimum atomic E-state index is 0.372. The van der Waals surface area contributed by atoms with Crippen LogP contribution < -0.4 is 5.73 Å². The van der Waals surface area contributed by atoms with Gasteiger partial charge in [-0.1, -0.05) is 13.3 Å². The first-order valence-electron chi connectivity index (χ1n) is 6.54. The molecule has 0 saturated heterocycles. The predicted octanol–water partition coefficient (Wildman–Crippen LogP) is 3.54. The van der Waals surface area contributed by atoms with Gasteiger partial charge in [0.25, 0.3) is 0 Å². The number of hydrogen-bond acceptors (Lipinski definition) is 2. The van der Waals surface area contributed by atoms with E-state index in [-0.39, 0.29) is 0 Å². The summed E-state index contributed by atoms with van der Waals surface area (Å²) in [4.78, 5) is 4.23. The van der Waals surface area contributed by atoms with Gasteiger partial charge in [0.2, 0.25) is 0 Å². The molecule has 0 amide bonds. The van der Waals surface area contributed by atoms with E-state index >= 15 is 0 Å². The molecule has 1 heterocycles. The number of hydrogen-bond donors (Lipinski definition) is 1. The van der Waals surface area contributed by atoms with Gasteiger partial charge in [-0.15, -0.1) is 0 Å². The fraction of sp³-hybridized carbons (Fsp3) is 0.643. The molecule has 0 spiro atoms. The monoisotopic (exact) mass is 296 g/mol. The molecule has 1 aliphatic carbocycles. The fourth-order valence-corrected chi connectivity index (χ4v) is 3.27. The molecule has 1 saturated carbocycles. The Labute approximate surface area is 112 Å². The van der Waals surface area contributed by atoms with Gasteiger partial charge >= 0.3 is 0 Å². The third-order valence-electron chi connectivity index (χ3n) is 3.99. The van der Waals surface area contributed by atoms with E-state index in [2.05, 4.69) is 33.9 Å². The van der Waals surface area contributed by atoms with Crippen molar-refractivity contribution in [2.75, 3.05) is 0 Å². The Morgan fingerprint density at radius 1 is 1.41 bits per heavy atom. The average molecular weight is 297 g/mol. The predicted molar refractivity (Wildman–Crippen MR) is 74.7 cm³/mol. The van der Waals surface area contributed by atoms with Crippen LogP contribution in [-0.2, 0) is 6.42 Å². The molecule has 0 aromatic carbocycles. The molecule has 2 nitrogen and oxygen atoms in total. The summed E-state index contributed by atoms with van der Waals surface area (Å²) >= 11 is 3.47. The van der Waals surface area contributed by atoms with Crippen LogP contribution in [0, 0.1) is 11.8 Å². The number of nitrogens with zero attached hydrogens (tertiary/aromatic N) is 1. The molecule has 2 rings (SSSR count). The molecular formula is C14H21BrN2. The quantitative estimate of drug-likeness (QED) is 0.926. The normalized spacial score (nSPS) is 29.2. The first kappa shape index (κ1) is 13.0. The van der Waals surface area contributed by atoms with Crippen LogP contribution >= 0.6 is 15.9 Å². The standard InChI is InChI=1S/C14H21BrN2/c1-2-10-3-4-14(16)12(5-10)6-11-7-13(15)9-17-8-11/h7-10,12,14H,2-6,16H2,1H3. The van der Waals surface area contributed by atoms with E-state index in [9.17, 15) is 0 Å². The van der Waals surface area contributed by atoms with Crippen molar-refractivity contribution in [2.24, 2.45) is 17.6 Å². The molecule has 0 radical (unpaired) electrons. The lowest BCUT2D eigenvalue weighted by Crippen LogP contribution is -2.37. The highest BCUT2D eigenvalue weighted by atomic mass is 79.9. The molecule has 0 bridgehead atoms. The lowest BCUT2D eigenvalue weighted by atomic mass is 9.75. The van der Waals surface area contributed by atoms with Crippen LogP contribution in [0.4, 0.5) is 0 Å². The minimum absolute atomic E-state index is 0.372. The number of aromatic nitrogens is 1. The van der Waals surface area contributed by atoms with E-state index < -0.39 is 0 Å². The summed E-state index contributed by atoms with van der Waals surface area (Å²) in [6, 6.07) is 2.53. The van der Waals surface area contributed by atoms with E-state index in [1.807, 2.05) is 12.4 Å². The maximum Gasteiger partial charge on any atom is 0.0410 e. The van der Waals surface area contributed by atoms with Gasteiger partial charge in [-0.25, -0.2) is 0 Å². The van der Waals surface area contributed by atoms with Crippen molar-refractivity contribution in [1.29, 1.82) is 0 Å². The molecule has 17 heavy (non-hydrogen) atoms. The second kappa shape index (κ2) is 5.96. The van der Waals surface area contributed by atoms with E-state index in [0.717, 1.165) is 16.8 Å². The number of rotatable bonds is 3. The van der Waals surface area contributed by atoms with Gasteiger partial charge in [-0.05, 0) is 65.1 Å². The second-order valence-electron chi connectivity index (χ2n) is 5.23. The third kappa shape index (κ3) is 3.52. The largest absolute Gasteiger partial charge is 0.327 e. The van der Waals surface area contributed by atoms with Gasteiger partial charge in [0.05, 0.1) is 0 Å². The van der Waals surface area contributed by atoms with Crippen molar-refractivity contribution in [1.82, 2.24) is 4.98 Å². The van der Waals surface area contributed by atoms with Gasteiger partial charge in [0.1, 0.15) is 0 Å². The van der Waals surface area contributed by atoms with Crippen LogP contribution in [-0.4, -0.2) is 11.0 Å². The lowest BCUT2D eigenvalue weighted by Gasteiger charge is -2.33. The van der Waals surface area contributed by atoms with Crippen molar-refractivity contribution < 1.29 is 0 Å². The van der Waals surface area contributed by atoms with Crippen molar-refractivity contribution in [3.8, 4) is 0 Å². The zero-order chi connectivity index (χ0) is 12.3. The highest BCUT2D eigenvalue weighted by Crippen LogP contribution is 2.32. The molecule has 3 unspecified atom stereocenters. The van der Waals surface area contributed by atoms with Gasteiger partial charge in [-0.3, -0.25) is 4.98 Å². The Hall–Kier alpha value is -0.410. The van der Waals surface area contributed by atoms with Gasteiger partial charge < -0.3 is 5.73 Å². The second-order valence-corrected chi connectivity index (χ2v) is 6.14. The highest BCUT2D eigenvalue weighted by Gasteiger charge is 2.27. The van der Waals surface area contributed by atoms with Crippen LogP contribution in [0.5, 0.6) is 0 Å².